The van der Waals surface area contributed by atoms with Crippen LogP contribution in [0.15, 0.2) is 18.5 Å². The predicted octanol–water partition coefficient (Wildman–Crippen LogP) is 1.77. The van der Waals surface area contributed by atoms with Crippen molar-refractivity contribution >= 4 is 12.2 Å². The van der Waals surface area contributed by atoms with Crippen LogP contribution in [0.2, 0.25) is 0 Å². The summed E-state index contributed by atoms with van der Waals surface area (Å²) in [5.74, 6) is 0. The van der Waals surface area contributed by atoms with Gasteiger partial charge in [-0.25, -0.2) is 0 Å². The number of nitrogens with zero attached hydrogens (tertiary/aromatic N) is 1. The van der Waals surface area contributed by atoms with Crippen LogP contribution in [0, 0.1) is 0 Å². The molecule has 5 nitrogen and oxygen atoms in total. The first kappa shape index (κ1) is 12.0. The van der Waals surface area contributed by atoms with Gasteiger partial charge < -0.3 is 19.4 Å². The zero-order valence-corrected chi connectivity index (χ0v) is 9.96. The summed E-state index contributed by atoms with van der Waals surface area (Å²) in [6, 6.07) is 1.95. The van der Waals surface area contributed by atoms with E-state index in [0.717, 1.165) is 18.8 Å². The molecular formula is C12H18N2O3. The van der Waals surface area contributed by atoms with Gasteiger partial charge in [-0.1, -0.05) is 0 Å². The Morgan fingerprint density at radius 2 is 2.47 bits per heavy atom. The molecule has 0 radical (unpaired) electrons. The molecule has 1 aliphatic carbocycles. The molecular weight excluding hydrogens is 220 g/mol. The Bertz CT molecular complexity index is 360. The third-order valence-electron chi connectivity index (χ3n) is 2.70. The summed E-state index contributed by atoms with van der Waals surface area (Å²) in [5, 5.41) is 3.26. The lowest BCUT2D eigenvalue weighted by molar-refractivity contribution is -0.136. The summed E-state index contributed by atoms with van der Waals surface area (Å²) in [6.45, 7) is 3.80. The highest BCUT2D eigenvalue weighted by molar-refractivity contribution is 5.41. The van der Waals surface area contributed by atoms with Gasteiger partial charge in [0.1, 0.15) is 0 Å². The van der Waals surface area contributed by atoms with E-state index in [0.29, 0.717) is 12.6 Å². The molecule has 5 heteroatoms. The van der Waals surface area contributed by atoms with Crippen LogP contribution in [0.1, 0.15) is 26.0 Å². The van der Waals surface area contributed by atoms with Gasteiger partial charge in [0.05, 0.1) is 18.4 Å². The summed E-state index contributed by atoms with van der Waals surface area (Å²) < 4.78 is 12.2. The van der Waals surface area contributed by atoms with Gasteiger partial charge in [0.2, 0.25) is 0 Å². The van der Waals surface area contributed by atoms with Crippen molar-refractivity contribution in [1.29, 1.82) is 0 Å². The van der Waals surface area contributed by atoms with Crippen molar-refractivity contribution < 1.29 is 14.3 Å². The molecule has 1 aromatic rings. The van der Waals surface area contributed by atoms with E-state index in [1.165, 1.54) is 12.8 Å². The van der Waals surface area contributed by atoms with Gasteiger partial charge in [-0.3, -0.25) is 4.79 Å². The van der Waals surface area contributed by atoms with Crippen molar-refractivity contribution in [1.82, 2.24) is 4.57 Å². The molecule has 0 bridgehead atoms. The van der Waals surface area contributed by atoms with Gasteiger partial charge in [0.25, 0.3) is 6.47 Å². The van der Waals surface area contributed by atoms with E-state index in [2.05, 4.69) is 5.32 Å². The Kier molecular flexibility index (Phi) is 4.03. The second-order valence-corrected chi connectivity index (χ2v) is 4.18. The predicted molar refractivity (Wildman–Crippen MR) is 63.8 cm³/mol. The fourth-order valence-corrected chi connectivity index (χ4v) is 1.55. The van der Waals surface area contributed by atoms with Gasteiger partial charge in [0, 0.05) is 18.9 Å². The Morgan fingerprint density at radius 1 is 1.65 bits per heavy atom. The molecule has 0 aromatic carbocycles. The van der Waals surface area contributed by atoms with Crippen LogP contribution in [0.25, 0.3) is 0 Å². The molecule has 0 spiro atoms. The first-order chi connectivity index (χ1) is 8.29. The summed E-state index contributed by atoms with van der Waals surface area (Å²) in [5.41, 5.74) is 1.01. The highest BCUT2D eigenvalue weighted by atomic mass is 16.5. The summed E-state index contributed by atoms with van der Waals surface area (Å²) in [4.78, 5) is 10.2. The number of ether oxygens (including phenoxy) is 2. The molecule has 2 rings (SSSR count). The molecule has 0 aliphatic heterocycles. The van der Waals surface area contributed by atoms with E-state index in [9.17, 15) is 4.79 Å². The number of aromatic nitrogens is 1. The molecule has 94 valence electrons. The zero-order valence-electron chi connectivity index (χ0n) is 9.96. The van der Waals surface area contributed by atoms with Crippen molar-refractivity contribution in [2.45, 2.75) is 32.1 Å². The molecule has 1 saturated carbocycles. The topological polar surface area (TPSA) is 52.5 Å². The number of hydrogen-bond acceptors (Lipinski definition) is 4. The largest absolute Gasteiger partial charge is 0.444 e. The van der Waals surface area contributed by atoms with E-state index >= 15 is 0 Å². The molecule has 1 fully saturated rings. The number of carbonyl (C=O) groups is 1. The van der Waals surface area contributed by atoms with Crippen LogP contribution in [0.3, 0.4) is 0 Å². The third-order valence-corrected chi connectivity index (χ3v) is 2.70. The number of anilines is 1. The van der Waals surface area contributed by atoms with Crippen LogP contribution in [-0.2, 0) is 14.3 Å². The summed E-state index contributed by atoms with van der Waals surface area (Å²) in [6.07, 6.45) is 6.42. The molecule has 0 saturated heterocycles. The lowest BCUT2D eigenvalue weighted by Gasteiger charge is -2.10. The highest BCUT2D eigenvalue weighted by Gasteiger charge is 2.21. The van der Waals surface area contributed by atoms with Crippen molar-refractivity contribution in [3.05, 3.63) is 18.5 Å². The van der Waals surface area contributed by atoms with E-state index in [4.69, 9.17) is 9.47 Å². The average Bonchev–Trinajstić information content (AvgIpc) is 3.02. The standard InChI is InChI=1S/C12H18N2O3/c1-10(17-9-15)14-6-4-11(8-14)13-5-7-16-12-2-3-12/h4,6,8-10,12-13H,2-3,5,7H2,1H3. The second kappa shape index (κ2) is 5.72. The summed E-state index contributed by atoms with van der Waals surface area (Å²) >= 11 is 0. The van der Waals surface area contributed by atoms with Crippen LogP contribution in [0.5, 0.6) is 0 Å². The minimum Gasteiger partial charge on any atom is -0.444 e. The van der Waals surface area contributed by atoms with Gasteiger partial charge in [-0.2, -0.15) is 0 Å². The highest BCUT2D eigenvalue weighted by Crippen LogP contribution is 2.23. The van der Waals surface area contributed by atoms with Crippen molar-refractivity contribution in [2.75, 3.05) is 18.5 Å². The second-order valence-electron chi connectivity index (χ2n) is 4.18. The Labute approximate surface area is 101 Å². The number of carbonyl (C=O) groups excluding carboxylic acids is 1. The zero-order chi connectivity index (χ0) is 12.1. The van der Waals surface area contributed by atoms with E-state index < -0.39 is 0 Å². The van der Waals surface area contributed by atoms with Crippen LogP contribution < -0.4 is 5.32 Å². The Hall–Kier alpha value is -1.49. The molecule has 1 N–H and O–H groups in total. The smallest absolute Gasteiger partial charge is 0.295 e. The minimum absolute atomic E-state index is 0.272. The third kappa shape index (κ3) is 3.78. The normalized spacial score (nSPS) is 16.5. The van der Waals surface area contributed by atoms with Gasteiger partial charge >= 0.3 is 0 Å². The SMILES string of the molecule is CC(OC=O)n1ccc(NCCOC2CC2)c1. The van der Waals surface area contributed by atoms with Crippen LogP contribution in [-0.4, -0.2) is 30.3 Å². The molecule has 0 amide bonds. The molecule has 1 aliphatic rings. The summed E-state index contributed by atoms with van der Waals surface area (Å²) in [7, 11) is 0. The quantitative estimate of drug-likeness (QED) is 0.554. The molecule has 1 atom stereocenters. The Morgan fingerprint density at radius 3 is 3.18 bits per heavy atom. The molecule has 1 heterocycles. The monoisotopic (exact) mass is 238 g/mol. The number of nitrogens with one attached hydrogen (secondary N) is 1. The van der Waals surface area contributed by atoms with E-state index in [-0.39, 0.29) is 6.23 Å². The molecule has 1 aromatic heterocycles. The molecule has 17 heavy (non-hydrogen) atoms. The van der Waals surface area contributed by atoms with Crippen LogP contribution in [0.4, 0.5) is 5.69 Å². The fourth-order valence-electron chi connectivity index (χ4n) is 1.55. The van der Waals surface area contributed by atoms with E-state index in [1.54, 1.807) is 0 Å². The first-order valence-electron chi connectivity index (χ1n) is 5.91. The number of rotatable bonds is 8. The average molecular weight is 238 g/mol. The lowest BCUT2D eigenvalue weighted by atomic mass is 10.5. The number of hydrogen-bond donors (Lipinski definition) is 1. The van der Waals surface area contributed by atoms with E-state index in [1.807, 2.05) is 30.0 Å². The van der Waals surface area contributed by atoms with Gasteiger partial charge in [0.15, 0.2) is 6.23 Å². The first-order valence-corrected chi connectivity index (χ1v) is 5.91. The maximum absolute atomic E-state index is 10.2. The van der Waals surface area contributed by atoms with Gasteiger partial charge in [-0.15, -0.1) is 0 Å². The van der Waals surface area contributed by atoms with Crippen molar-refractivity contribution in [3.8, 4) is 0 Å². The fraction of sp³-hybridized carbons (Fsp3) is 0.583. The Balaban J connectivity index is 1.70. The van der Waals surface area contributed by atoms with Gasteiger partial charge in [-0.05, 0) is 25.8 Å². The lowest BCUT2D eigenvalue weighted by Crippen LogP contribution is -2.10. The maximum Gasteiger partial charge on any atom is 0.295 e. The maximum atomic E-state index is 10.2. The van der Waals surface area contributed by atoms with Crippen molar-refractivity contribution in [3.63, 3.8) is 0 Å². The minimum atomic E-state index is -0.272. The molecule has 1 unspecified atom stereocenters. The van der Waals surface area contributed by atoms with Crippen molar-refractivity contribution in [2.24, 2.45) is 0 Å². The van der Waals surface area contributed by atoms with Crippen LogP contribution >= 0.6 is 0 Å².